The third kappa shape index (κ3) is 3.52. The number of nitrogens with one attached hydrogen (secondary N) is 1. The van der Waals surface area contributed by atoms with Crippen molar-refractivity contribution < 1.29 is 19.1 Å². The van der Waals surface area contributed by atoms with E-state index in [2.05, 4.69) is 17.0 Å². The summed E-state index contributed by atoms with van der Waals surface area (Å²) in [6.45, 7) is 3.62. The Kier molecular flexibility index (Phi) is 4.79. The Hall–Kier alpha value is -2.37. The van der Waals surface area contributed by atoms with E-state index in [0.29, 0.717) is 30.0 Å². The van der Waals surface area contributed by atoms with Crippen LogP contribution in [0.1, 0.15) is 43.0 Å². The molecule has 2 aliphatic rings. The quantitative estimate of drug-likeness (QED) is 0.672. The molecular formula is C19H24N2O4. The van der Waals surface area contributed by atoms with Crippen molar-refractivity contribution in [1.82, 2.24) is 4.90 Å². The number of esters is 1. The lowest BCUT2D eigenvalue weighted by atomic mass is 9.96. The Balaban J connectivity index is 1.66. The van der Waals surface area contributed by atoms with Gasteiger partial charge < -0.3 is 15.0 Å². The van der Waals surface area contributed by atoms with Crippen LogP contribution in [0.3, 0.4) is 0 Å². The number of nitrogens with zero attached hydrogens (tertiary/aromatic N) is 1. The van der Waals surface area contributed by atoms with Crippen LogP contribution in [-0.4, -0.2) is 42.9 Å². The van der Waals surface area contributed by atoms with Crippen LogP contribution in [0.2, 0.25) is 0 Å². The molecule has 2 amide bonds. The first kappa shape index (κ1) is 17.5. The van der Waals surface area contributed by atoms with E-state index in [1.165, 1.54) is 7.11 Å². The molecule has 0 bridgehead atoms. The second kappa shape index (κ2) is 6.86. The van der Waals surface area contributed by atoms with E-state index in [4.69, 9.17) is 0 Å². The molecule has 1 aliphatic carbocycles. The normalized spacial score (nSPS) is 21.4. The Bertz CT molecular complexity index is 679. The van der Waals surface area contributed by atoms with Crippen LogP contribution < -0.4 is 5.32 Å². The molecule has 0 aromatic heterocycles. The first-order chi connectivity index (χ1) is 12.0. The zero-order chi connectivity index (χ0) is 18.0. The lowest BCUT2D eigenvalue weighted by Gasteiger charge is -2.33. The molecule has 25 heavy (non-hydrogen) atoms. The highest BCUT2D eigenvalue weighted by molar-refractivity contribution is 6.13. The van der Waals surface area contributed by atoms with E-state index in [9.17, 15) is 14.4 Å². The maximum absolute atomic E-state index is 12.8. The van der Waals surface area contributed by atoms with Gasteiger partial charge in [-0.2, -0.15) is 0 Å². The van der Waals surface area contributed by atoms with Gasteiger partial charge in [0.15, 0.2) is 0 Å². The van der Waals surface area contributed by atoms with Gasteiger partial charge in [0.05, 0.1) is 12.7 Å². The predicted octanol–water partition coefficient (Wildman–Crippen LogP) is 2.45. The van der Waals surface area contributed by atoms with Gasteiger partial charge in [-0.3, -0.25) is 9.59 Å². The van der Waals surface area contributed by atoms with Crippen molar-refractivity contribution >= 4 is 23.5 Å². The number of hydrogen-bond donors (Lipinski definition) is 1. The van der Waals surface area contributed by atoms with Crippen molar-refractivity contribution in [2.45, 2.75) is 32.6 Å². The van der Waals surface area contributed by atoms with Crippen molar-refractivity contribution in [2.24, 2.45) is 11.3 Å². The van der Waals surface area contributed by atoms with Crippen LogP contribution in [-0.2, 0) is 14.3 Å². The maximum Gasteiger partial charge on any atom is 0.337 e. The van der Waals surface area contributed by atoms with Gasteiger partial charge in [0.2, 0.25) is 11.8 Å². The topological polar surface area (TPSA) is 75.7 Å². The smallest absolute Gasteiger partial charge is 0.337 e. The molecule has 1 saturated carbocycles. The highest BCUT2D eigenvalue weighted by Gasteiger charge is 2.58. The number of hydrogen-bond acceptors (Lipinski definition) is 4. The summed E-state index contributed by atoms with van der Waals surface area (Å²) in [5, 5.41) is 2.82. The Morgan fingerprint density at radius 1 is 1.20 bits per heavy atom. The van der Waals surface area contributed by atoms with E-state index in [0.717, 1.165) is 25.9 Å². The van der Waals surface area contributed by atoms with Crippen molar-refractivity contribution in [1.29, 1.82) is 0 Å². The molecule has 1 saturated heterocycles. The van der Waals surface area contributed by atoms with Crippen molar-refractivity contribution in [3.63, 3.8) is 0 Å². The molecule has 1 atom stereocenters. The number of amides is 2. The van der Waals surface area contributed by atoms with Gasteiger partial charge in [0, 0.05) is 18.8 Å². The maximum atomic E-state index is 12.8. The molecule has 6 nitrogen and oxygen atoms in total. The zero-order valence-electron chi connectivity index (χ0n) is 14.7. The molecule has 6 heteroatoms. The minimum atomic E-state index is -0.905. The number of benzene rings is 1. The lowest BCUT2D eigenvalue weighted by molar-refractivity contribution is -0.143. The van der Waals surface area contributed by atoms with Crippen molar-refractivity contribution in [2.75, 3.05) is 25.5 Å². The lowest BCUT2D eigenvalue weighted by Crippen LogP contribution is -2.46. The fraction of sp³-hybridized carbons (Fsp3) is 0.526. The Morgan fingerprint density at radius 3 is 2.44 bits per heavy atom. The third-order valence-electron chi connectivity index (χ3n) is 5.10. The van der Waals surface area contributed by atoms with Crippen molar-refractivity contribution in [3.05, 3.63) is 29.8 Å². The van der Waals surface area contributed by atoms with Crippen LogP contribution in [0.25, 0.3) is 0 Å². The number of likely N-dealkylation sites (tertiary alicyclic amines) is 1. The summed E-state index contributed by atoms with van der Waals surface area (Å²) < 4.78 is 4.65. The summed E-state index contributed by atoms with van der Waals surface area (Å²) >= 11 is 0. The molecule has 1 aromatic rings. The van der Waals surface area contributed by atoms with Gasteiger partial charge in [-0.1, -0.05) is 6.92 Å². The molecule has 1 aromatic carbocycles. The van der Waals surface area contributed by atoms with Crippen LogP contribution in [0, 0.1) is 11.3 Å². The second-order valence-corrected chi connectivity index (χ2v) is 7.10. The zero-order valence-corrected chi connectivity index (χ0v) is 14.7. The summed E-state index contributed by atoms with van der Waals surface area (Å²) in [5.74, 6) is -0.224. The number of methoxy groups -OCH3 is 1. The molecule has 1 unspecified atom stereocenters. The third-order valence-corrected chi connectivity index (χ3v) is 5.10. The monoisotopic (exact) mass is 344 g/mol. The minimum absolute atomic E-state index is 0.0391. The van der Waals surface area contributed by atoms with Gasteiger partial charge in [-0.05, 0) is 55.9 Å². The molecular weight excluding hydrogens is 320 g/mol. The molecule has 0 radical (unpaired) electrons. The molecule has 0 spiro atoms. The molecule has 1 heterocycles. The van der Waals surface area contributed by atoms with Gasteiger partial charge >= 0.3 is 5.97 Å². The molecule has 1 aliphatic heterocycles. The van der Waals surface area contributed by atoms with Gasteiger partial charge in [-0.15, -0.1) is 0 Å². The number of carbonyl (C=O) groups excluding carboxylic acids is 3. The number of anilines is 1. The molecule has 3 rings (SSSR count). The first-order valence-electron chi connectivity index (χ1n) is 8.75. The fourth-order valence-corrected chi connectivity index (χ4v) is 3.40. The molecule has 1 N–H and O–H groups in total. The molecule has 134 valence electrons. The van der Waals surface area contributed by atoms with E-state index in [1.54, 1.807) is 24.3 Å². The average Bonchev–Trinajstić information content (AvgIpc) is 3.43. The van der Waals surface area contributed by atoms with E-state index in [-0.39, 0.29) is 11.8 Å². The highest BCUT2D eigenvalue weighted by atomic mass is 16.5. The van der Waals surface area contributed by atoms with E-state index < -0.39 is 11.4 Å². The number of piperidine rings is 1. The van der Waals surface area contributed by atoms with Gasteiger partial charge in [0.1, 0.15) is 5.41 Å². The highest BCUT2D eigenvalue weighted by Crippen LogP contribution is 2.48. The van der Waals surface area contributed by atoms with E-state index >= 15 is 0 Å². The number of rotatable bonds is 4. The van der Waals surface area contributed by atoms with Gasteiger partial charge in [0.25, 0.3) is 0 Å². The Morgan fingerprint density at radius 2 is 1.88 bits per heavy atom. The fourth-order valence-electron chi connectivity index (χ4n) is 3.40. The predicted molar refractivity (Wildman–Crippen MR) is 93.1 cm³/mol. The standard InChI is InChI=1S/C19H24N2O4/c1-13-4-3-11-21(12-13)18(24)19(9-10-19)17(23)20-15-7-5-14(6-8-15)16(22)25-2/h5-8,13H,3-4,9-12H2,1-2H3,(H,20,23). The first-order valence-corrected chi connectivity index (χ1v) is 8.75. The summed E-state index contributed by atoms with van der Waals surface area (Å²) in [4.78, 5) is 38.8. The minimum Gasteiger partial charge on any atom is -0.465 e. The summed E-state index contributed by atoms with van der Waals surface area (Å²) in [7, 11) is 1.32. The second-order valence-electron chi connectivity index (χ2n) is 7.10. The van der Waals surface area contributed by atoms with Crippen LogP contribution in [0.15, 0.2) is 24.3 Å². The largest absolute Gasteiger partial charge is 0.465 e. The van der Waals surface area contributed by atoms with Crippen LogP contribution in [0.4, 0.5) is 5.69 Å². The van der Waals surface area contributed by atoms with Crippen LogP contribution >= 0.6 is 0 Å². The van der Waals surface area contributed by atoms with E-state index in [1.807, 2.05) is 4.90 Å². The summed E-state index contributed by atoms with van der Waals surface area (Å²) in [6.07, 6.45) is 3.33. The molecule has 2 fully saturated rings. The summed E-state index contributed by atoms with van der Waals surface area (Å²) in [6, 6.07) is 6.48. The Labute approximate surface area is 147 Å². The van der Waals surface area contributed by atoms with Gasteiger partial charge in [-0.25, -0.2) is 4.79 Å². The number of ether oxygens (including phenoxy) is 1. The average molecular weight is 344 g/mol. The van der Waals surface area contributed by atoms with Crippen LogP contribution in [0.5, 0.6) is 0 Å². The number of carbonyl (C=O) groups is 3. The SMILES string of the molecule is COC(=O)c1ccc(NC(=O)C2(C(=O)N3CCCC(C)C3)CC2)cc1. The van der Waals surface area contributed by atoms with Crippen molar-refractivity contribution in [3.8, 4) is 0 Å². The summed E-state index contributed by atoms with van der Waals surface area (Å²) in [5.41, 5.74) is 0.0849.